The summed E-state index contributed by atoms with van der Waals surface area (Å²) in [5.74, 6) is 0.187. The lowest BCUT2D eigenvalue weighted by Crippen LogP contribution is -1.98. The molecule has 0 atom stereocenters. The summed E-state index contributed by atoms with van der Waals surface area (Å²) >= 11 is 0. The van der Waals surface area contributed by atoms with E-state index in [1.165, 1.54) is 10.8 Å². The van der Waals surface area contributed by atoms with Gasteiger partial charge in [0, 0.05) is 6.42 Å². The monoisotopic (exact) mass is 272 g/mol. The Hall–Kier alpha value is -2.03. The van der Waals surface area contributed by atoms with Crippen LogP contribution in [0.25, 0.3) is 10.8 Å². The van der Waals surface area contributed by atoms with Crippen molar-refractivity contribution in [2.24, 2.45) is 0 Å². The van der Waals surface area contributed by atoms with Crippen LogP contribution in [0.5, 0.6) is 5.75 Å². The summed E-state index contributed by atoms with van der Waals surface area (Å²) in [6.45, 7) is 0.686. The Balaban J connectivity index is 1.69. The molecular formula is C17H20O3. The zero-order valence-corrected chi connectivity index (χ0v) is 11.5. The lowest BCUT2D eigenvalue weighted by atomic mass is 10.1. The molecule has 0 amide bonds. The van der Waals surface area contributed by atoms with E-state index < -0.39 is 5.97 Å². The lowest BCUT2D eigenvalue weighted by molar-refractivity contribution is -0.137. The van der Waals surface area contributed by atoms with Crippen LogP contribution in [0.1, 0.15) is 32.1 Å². The third-order valence-electron chi connectivity index (χ3n) is 3.27. The SMILES string of the molecule is O=C(O)CCCCCCOc1ccc2ccccc2c1. The van der Waals surface area contributed by atoms with Gasteiger partial charge in [0.15, 0.2) is 0 Å². The van der Waals surface area contributed by atoms with Crippen LogP contribution in [0.3, 0.4) is 0 Å². The summed E-state index contributed by atoms with van der Waals surface area (Å²) in [5.41, 5.74) is 0. The van der Waals surface area contributed by atoms with Crippen LogP contribution in [-0.4, -0.2) is 17.7 Å². The van der Waals surface area contributed by atoms with E-state index in [0.717, 1.165) is 31.4 Å². The zero-order valence-electron chi connectivity index (χ0n) is 11.5. The standard InChI is InChI=1S/C17H20O3/c18-17(19)9-3-1-2-6-12-20-16-11-10-14-7-4-5-8-15(14)13-16/h4-5,7-8,10-11,13H,1-3,6,9,12H2,(H,18,19). The largest absolute Gasteiger partial charge is 0.494 e. The second-order valence-corrected chi connectivity index (χ2v) is 4.92. The van der Waals surface area contributed by atoms with Crippen LogP contribution in [0.2, 0.25) is 0 Å². The molecule has 3 nitrogen and oxygen atoms in total. The van der Waals surface area contributed by atoms with Gasteiger partial charge in [0.2, 0.25) is 0 Å². The van der Waals surface area contributed by atoms with E-state index in [-0.39, 0.29) is 6.42 Å². The molecule has 106 valence electrons. The normalized spacial score (nSPS) is 10.6. The Bertz CT molecular complexity index is 563. The number of aliphatic carboxylic acids is 1. The Morgan fingerprint density at radius 2 is 1.70 bits per heavy atom. The molecule has 2 rings (SSSR count). The maximum atomic E-state index is 10.4. The number of ether oxygens (including phenoxy) is 1. The molecule has 2 aromatic carbocycles. The number of benzene rings is 2. The fourth-order valence-corrected chi connectivity index (χ4v) is 2.18. The number of carbonyl (C=O) groups is 1. The maximum absolute atomic E-state index is 10.4. The summed E-state index contributed by atoms with van der Waals surface area (Å²) in [5, 5.41) is 10.9. The Labute approximate surface area is 119 Å². The molecule has 0 aliphatic heterocycles. The van der Waals surface area contributed by atoms with Gasteiger partial charge in [0.1, 0.15) is 5.75 Å². The molecular weight excluding hydrogens is 252 g/mol. The molecule has 0 saturated carbocycles. The van der Waals surface area contributed by atoms with Crippen LogP contribution >= 0.6 is 0 Å². The van der Waals surface area contributed by atoms with Crippen molar-refractivity contribution in [2.75, 3.05) is 6.61 Å². The first-order valence-corrected chi connectivity index (χ1v) is 7.09. The van der Waals surface area contributed by atoms with E-state index in [1.807, 2.05) is 18.2 Å². The van der Waals surface area contributed by atoms with Crippen molar-refractivity contribution < 1.29 is 14.6 Å². The third kappa shape index (κ3) is 4.57. The molecule has 0 aliphatic carbocycles. The minimum Gasteiger partial charge on any atom is -0.494 e. The Kier molecular flexibility index (Phi) is 5.42. The topological polar surface area (TPSA) is 46.5 Å². The zero-order chi connectivity index (χ0) is 14.2. The molecule has 0 saturated heterocycles. The minimum absolute atomic E-state index is 0.269. The number of fused-ring (bicyclic) bond motifs is 1. The molecule has 1 N–H and O–H groups in total. The Morgan fingerprint density at radius 3 is 2.50 bits per heavy atom. The molecule has 0 spiro atoms. The molecule has 20 heavy (non-hydrogen) atoms. The molecule has 0 fully saturated rings. The van der Waals surface area contributed by atoms with Gasteiger partial charge < -0.3 is 9.84 Å². The molecule has 0 aliphatic rings. The number of carboxylic acid groups (broad SMARTS) is 1. The number of hydrogen-bond donors (Lipinski definition) is 1. The maximum Gasteiger partial charge on any atom is 0.303 e. The van der Waals surface area contributed by atoms with Gasteiger partial charge in [-0.1, -0.05) is 43.2 Å². The van der Waals surface area contributed by atoms with Gasteiger partial charge in [-0.05, 0) is 35.7 Å². The van der Waals surface area contributed by atoms with Crippen molar-refractivity contribution >= 4 is 16.7 Å². The molecule has 0 radical (unpaired) electrons. The fraction of sp³-hybridized carbons (Fsp3) is 0.353. The van der Waals surface area contributed by atoms with E-state index >= 15 is 0 Å². The van der Waals surface area contributed by atoms with Crippen LogP contribution in [0, 0.1) is 0 Å². The summed E-state index contributed by atoms with van der Waals surface area (Å²) in [6.07, 6.45) is 3.96. The second kappa shape index (κ2) is 7.53. The summed E-state index contributed by atoms with van der Waals surface area (Å²) in [4.78, 5) is 10.4. The van der Waals surface area contributed by atoms with Crippen molar-refractivity contribution in [3.63, 3.8) is 0 Å². The van der Waals surface area contributed by atoms with Crippen molar-refractivity contribution in [1.29, 1.82) is 0 Å². The van der Waals surface area contributed by atoms with Crippen LogP contribution in [0.15, 0.2) is 42.5 Å². The first-order valence-electron chi connectivity index (χ1n) is 7.09. The first kappa shape index (κ1) is 14.4. The first-order chi connectivity index (χ1) is 9.75. The number of hydrogen-bond acceptors (Lipinski definition) is 2. The highest BCUT2D eigenvalue weighted by atomic mass is 16.5. The molecule has 3 heteroatoms. The highest BCUT2D eigenvalue weighted by Crippen LogP contribution is 2.20. The van der Waals surface area contributed by atoms with E-state index in [9.17, 15) is 4.79 Å². The number of unbranched alkanes of at least 4 members (excludes halogenated alkanes) is 3. The average molecular weight is 272 g/mol. The van der Waals surface area contributed by atoms with Gasteiger partial charge in [0.25, 0.3) is 0 Å². The highest BCUT2D eigenvalue weighted by Gasteiger charge is 1.98. The predicted molar refractivity (Wildman–Crippen MR) is 80.2 cm³/mol. The summed E-state index contributed by atoms with van der Waals surface area (Å²) in [7, 11) is 0. The Morgan fingerprint density at radius 1 is 0.950 bits per heavy atom. The van der Waals surface area contributed by atoms with Crippen LogP contribution in [-0.2, 0) is 4.79 Å². The van der Waals surface area contributed by atoms with Crippen molar-refractivity contribution in [3.05, 3.63) is 42.5 Å². The molecule has 0 bridgehead atoms. The van der Waals surface area contributed by atoms with Crippen molar-refractivity contribution in [1.82, 2.24) is 0 Å². The minimum atomic E-state index is -0.711. The van der Waals surface area contributed by atoms with Gasteiger partial charge in [-0.2, -0.15) is 0 Å². The van der Waals surface area contributed by atoms with Crippen molar-refractivity contribution in [3.8, 4) is 5.75 Å². The molecule has 2 aromatic rings. The van der Waals surface area contributed by atoms with Gasteiger partial charge >= 0.3 is 5.97 Å². The van der Waals surface area contributed by atoms with E-state index in [0.29, 0.717) is 6.61 Å². The average Bonchev–Trinajstić information content (AvgIpc) is 2.46. The second-order valence-electron chi connectivity index (χ2n) is 4.92. The highest BCUT2D eigenvalue weighted by molar-refractivity contribution is 5.83. The molecule has 0 heterocycles. The fourth-order valence-electron chi connectivity index (χ4n) is 2.18. The van der Waals surface area contributed by atoms with E-state index in [1.54, 1.807) is 0 Å². The predicted octanol–water partition coefficient (Wildman–Crippen LogP) is 4.25. The number of rotatable bonds is 8. The third-order valence-corrected chi connectivity index (χ3v) is 3.27. The van der Waals surface area contributed by atoms with Crippen molar-refractivity contribution in [2.45, 2.75) is 32.1 Å². The van der Waals surface area contributed by atoms with Gasteiger partial charge in [0.05, 0.1) is 6.61 Å². The van der Waals surface area contributed by atoms with Crippen LogP contribution in [0.4, 0.5) is 0 Å². The van der Waals surface area contributed by atoms with Gasteiger partial charge in [-0.3, -0.25) is 4.79 Å². The lowest BCUT2D eigenvalue weighted by Gasteiger charge is -2.07. The van der Waals surface area contributed by atoms with Crippen LogP contribution < -0.4 is 4.74 Å². The summed E-state index contributed by atoms with van der Waals surface area (Å²) < 4.78 is 5.73. The molecule has 0 aromatic heterocycles. The van der Waals surface area contributed by atoms with Gasteiger partial charge in [-0.25, -0.2) is 0 Å². The summed E-state index contributed by atoms with van der Waals surface area (Å²) in [6, 6.07) is 14.3. The van der Waals surface area contributed by atoms with Gasteiger partial charge in [-0.15, -0.1) is 0 Å². The smallest absolute Gasteiger partial charge is 0.303 e. The number of carboxylic acids is 1. The quantitative estimate of drug-likeness (QED) is 0.730. The molecule has 0 unspecified atom stereocenters. The van der Waals surface area contributed by atoms with E-state index in [4.69, 9.17) is 9.84 Å². The van der Waals surface area contributed by atoms with E-state index in [2.05, 4.69) is 24.3 Å².